The first-order chi connectivity index (χ1) is 17.5. The molecule has 1 heterocycles. The van der Waals surface area contributed by atoms with E-state index in [1.807, 2.05) is 67.1 Å². The summed E-state index contributed by atoms with van der Waals surface area (Å²) in [5.41, 5.74) is 2.02. The van der Waals surface area contributed by atoms with Gasteiger partial charge >= 0.3 is 10.2 Å². The van der Waals surface area contributed by atoms with E-state index in [2.05, 4.69) is 12.2 Å². The van der Waals surface area contributed by atoms with Gasteiger partial charge in [-0.25, -0.2) is 4.72 Å². The zero-order valence-electron chi connectivity index (χ0n) is 22.3. The van der Waals surface area contributed by atoms with Crippen LogP contribution >= 0.6 is 0 Å². The molecule has 2 aromatic rings. The van der Waals surface area contributed by atoms with Crippen LogP contribution in [-0.2, 0) is 25.3 Å². The number of nitrogens with one attached hydrogen (secondary N) is 2. The van der Waals surface area contributed by atoms with Gasteiger partial charge < -0.3 is 10.1 Å². The lowest BCUT2D eigenvalue weighted by molar-refractivity contribution is -0.124. The van der Waals surface area contributed by atoms with Crippen LogP contribution < -0.4 is 14.8 Å². The van der Waals surface area contributed by atoms with E-state index < -0.39 is 27.6 Å². The SMILES string of the molecule is CCCCCCOc1ccc([C@]2(C)CC(c3ccc(C)cc3)=C(C(=O)NS(=O)(=O)N(C)C)C(=O)N2)cc1. The molecular formula is C28H37N3O5S. The summed E-state index contributed by atoms with van der Waals surface area (Å²) in [6, 6.07) is 15.1. The van der Waals surface area contributed by atoms with Crippen LogP contribution in [0.5, 0.6) is 5.75 Å². The van der Waals surface area contributed by atoms with E-state index in [9.17, 15) is 18.0 Å². The highest BCUT2D eigenvalue weighted by Gasteiger charge is 2.40. The van der Waals surface area contributed by atoms with Gasteiger partial charge in [-0.3, -0.25) is 9.59 Å². The van der Waals surface area contributed by atoms with E-state index in [0.717, 1.165) is 34.0 Å². The Bertz CT molecular complexity index is 1250. The molecule has 8 nitrogen and oxygen atoms in total. The third kappa shape index (κ3) is 6.99. The van der Waals surface area contributed by atoms with E-state index in [-0.39, 0.29) is 5.57 Å². The molecule has 2 aromatic carbocycles. The maximum atomic E-state index is 13.4. The molecule has 0 spiro atoms. The number of hydrogen-bond acceptors (Lipinski definition) is 5. The molecular weight excluding hydrogens is 490 g/mol. The van der Waals surface area contributed by atoms with Crippen molar-refractivity contribution in [3.63, 3.8) is 0 Å². The van der Waals surface area contributed by atoms with Crippen LogP contribution in [0.2, 0.25) is 0 Å². The molecule has 1 aliphatic rings. The Morgan fingerprint density at radius 3 is 2.30 bits per heavy atom. The van der Waals surface area contributed by atoms with Gasteiger partial charge in [0, 0.05) is 20.5 Å². The average Bonchev–Trinajstić information content (AvgIpc) is 2.84. The standard InChI is InChI=1S/C28H37N3O5S/c1-6-7-8-9-18-36-23-16-14-22(15-17-23)28(3)19-24(21-12-10-20(2)11-13-21)25(26(32)29-28)27(33)30-37(34,35)31(4)5/h10-17H,6-9,18-19H2,1-5H3,(H,29,32)(H,30,33)/t28-/m0/s1. The van der Waals surface area contributed by atoms with Crippen LogP contribution in [0.25, 0.3) is 5.57 Å². The van der Waals surface area contributed by atoms with Crippen molar-refractivity contribution in [3.8, 4) is 5.75 Å². The Hall–Kier alpha value is -3.17. The molecule has 0 unspecified atom stereocenters. The Labute approximate surface area is 220 Å². The normalized spacial score (nSPS) is 18.1. The Morgan fingerprint density at radius 1 is 1.05 bits per heavy atom. The molecule has 0 aliphatic carbocycles. The van der Waals surface area contributed by atoms with Crippen molar-refractivity contribution in [2.75, 3.05) is 20.7 Å². The molecule has 2 amide bonds. The number of ether oxygens (including phenoxy) is 1. The maximum Gasteiger partial charge on any atom is 0.303 e. The number of carbonyl (C=O) groups excluding carboxylic acids is 2. The molecule has 9 heteroatoms. The topological polar surface area (TPSA) is 105 Å². The van der Waals surface area contributed by atoms with Crippen LogP contribution in [0, 0.1) is 6.92 Å². The van der Waals surface area contributed by atoms with Gasteiger partial charge in [0.1, 0.15) is 11.3 Å². The molecule has 0 saturated heterocycles. The number of amides is 2. The van der Waals surface area contributed by atoms with Crippen molar-refractivity contribution in [3.05, 3.63) is 70.8 Å². The summed E-state index contributed by atoms with van der Waals surface area (Å²) in [5, 5.41) is 2.95. The second-order valence-corrected chi connectivity index (χ2v) is 11.7. The number of hydrogen-bond donors (Lipinski definition) is 2. The van der Waals surface area contributed by atoms with E-state index in [1.165, 1.54) is 26.9 Å². The van der Waals surface area contributed by atoms with Crippen LogP contribution in [0.15, 0.2) is 54.1 Å². The van der Waals surface area contributed by atoms with Crippen LogP contribution in [0.3, 0.4) is 0 Å². The third-order valence-corrected chi connectivity index (χ3v) is 7.94. The molecule has 3 rings (SSSR count). The number of aryl methyl sites for hydroxylation is 1. The lowest BCUT2D eigenvalue weighted by Crippen LogP contribution is -2.51. The highest BCUT2D eigenvalue weighted by atomic mass is 32.2. The largest absolute Gasteiger partial charge is 0.494 e. The fourth-order valence-corrected chi connectivity index (χ4v) is 4.77. The molecule has 1 atom stereocenters. The van der Waals surface area contributed by atoms with E-state index in [0.29, 0.717) is 24.2 Å². The van der Waals surface area contributed by atoms with Crippen molar-refractivity contribution in [1.29, 1.82) is 0 Å². The molecule has 0 saturated carbocycles. The Balaban J connectivity index is 1.92. The van der Waals surface area contributed by atoms with Crippen molar-refractivity contribution >= 4 is 27.6 Å². The minimum absolute atomic E-state index is 0.209. The second kappa shape index (κ2) is 11.9. The summed E-state index contributed by atoms with van der Waals surface area (Å²) in [6.07, 6.45) is 4.80. The average molecular weight is 528 g/mol. The number of unbranched alkanes of at least 4 members (excludes halogenated alkanes) is 3. The van der Waals surface area contributed by atoms with Crippen LogP contribution in [-0.4, -0.2) is 45.2 Å². The Kier molecular flexibility index (Phi) is 9.15. The van der Waals surface area contributed by atoms with Gasteiger partial charge in [0.2, 0.25) is 0 Å². The smallest absolute Gasteiger partial charge is 0.303 e. The predicted molar refractivity (Wildman–Crippen MR) is 145 cm³/mol. The first kappa shape index (κ1) is 28.4. The van der Waals surface area contributed by atoms with E-state index >= 15 is 0 Å². The molecule has 2 N–H and O–H groups in total. The maximum absolute atomic E-state index is 13.4. The predicted octanol–water partition coefficient (Wildman–Crippen LogP) is 4.07. The van der Waals surface area contributed by atoms with Gasteiger partial charge in [-0.2, -0.15) is 12.7 Å². The number of rotatable bonds is 11. The monoisotopic (exact) mass is 527 g/mol. The molecule has 0 fully saturated rings. The summed E-state index contributed by atoms with van der Waals surface area (Å²) in [7, 11) is -1.46. The molecule has 0 aromatic heterocycles. The summed E-state index contributed by atoms with van der Waals surface area (Å²) in [6.45, 7) is 6.66. The van der Waals surface area contributed by atoms with Crippen molar-refractivity contribution in [2.24, 2.45) is 0 Å². The fraction of sp³-hybridized carbons (Fsp3) is 0.429. The van der Waals surface area contributed by atoms with Gasteiger partial charge in [0.05, 0.1) is 12.1 Å². The van der Waals surface area contributed by atoms with Gasteiger partial charge in [-0.1, -0.05) is 68.1 Å². The minimum Gasteiger partial charge on any atom is -0.494 e. The molecule has 1 aliphatic heterocycles. The third-order valence-electron chi connectivity index (χ3n) is 6.54. The zero-order valence-corrected chi connectivity index (χ0v) is 23.1. The quantitative estimate of drug-likeness (QED) is 0.339. The molecule has 200 valence electrons. The first-order valence-electron chi connectivity index (χ1n) is 12.6. The Morgan fingerprint density at radius 2 is 1.70 bits per heavy atom. The summed E-state index contributed by atoms with van der Waals surface area (Å²) >= 11 is 0. The van der Waals surface area contributed by atoms with Gasteiger partial charge in [-0.15, -0.1) is 0 Å². The molecule has 0 radical (unpaired) electrons. The van der Waals surface area contributed by atoms with Crippen molar-refractivity contribution in [1.82, 2.24) is 14.3 Å². The molecule has 37 heavy (non-hydrogen) atoms. The fourth-order valence-electron chi connectivity index (χ4n) is 4.25. The number of carbonyl (C=O) groups is 2. The number of benzene rings is 2. The highest BCUT2D eigenvalue weighted by molar-refractivity contribution is 7.87. The summed E-state index contributed by atoms with van der Waals surface area (Å²) in [4.78, 5) is 26.4. The van der Waals surface area contributed by atoms with Crippen LogP contribution in [0.1, 0.15) is 62.6 Å². The number of nitrogens with zero attached hydrogens (tertiary/aromatic N) is 1. The lowest BCUT2D eigenvalue weighted by atomic mass is 9.78. The minimum atomic E-state index is -4.08. The van der Waals surface area contributed by atoms with E-state index in [4.69, 9.17) is 4.74 Å². The van der Waals surface area contributed by atoms with Crippen LogP contribution in [0.4, 0.5) is 0 Å². The summed E-state index contributed by atoms with van der Waals surface area (Å²) in [5.74, 6) is -0.836. The van der Waals surface area contributed by atoms with Crippen molar-refractivity contribution < 1.29 is 22.7 Å². The lowest BCUT2D eigenvalue weighted by Gasteiger charge is -2.37. The van der Waals surface area contributed by atoms with Gasteiger partial charge in [0.25, 0.3) is 11.8 Å². The molecule has 0 bridgehead atoms. The van der Waals surface area contributed by atoms with Gasteiger partial charge in [-0.05, 0) is 49.1 Å². The van der Waals surface area contributed by atoms with E-state index in [1.54, 1.807) is 0 Å². The van der Waals surface area contributed by atoms with Crippen molar-refractivity contribution in [2.45, 2.75) is 58.4 Å². The first-order valence-corrected chi connectivity index (χ1v) is 14.0. The second-order valence-electron chi connectivity index (χ2n) is 9.83. The zero-order chi connectivity index (χ0) is 27.2. The van der Waals surface area contributed by atoms with Gasteiger partial charge in [0.15, 0.2) is 0 Å². The summed E-state index contributed by atoms with van der Waals surface area (Å²) < 4.78 is 33.4. The highest BCUT2D eigenvalue weighted by Crippen LogP contribution is 2.39.